The van der Waals surface area contributed by atoms with E-state index in [0.29, 0.717) is 30.5 Å². The zero-order chi connectivity index (χ0) is 18.2. The van der Waals surface area contributed by atoms with Crippen LogP contribution < -0.4 is 20.3 Å². The van der Waals surface area contributed by atoms with Crippen molar-refractivity contribution in [3.8, 4) is 5.75 Å². The number of carbonyl (C=O) groups is 1. The van der Waals surface area contributed by atoms with Crippen LogP contribution in [0.3, 0.4) is 0 Å². The number of aromatic nitrogens is 1. The molecule has 2 amide bonds. The third-order valence-electron chi connectivity index (χ3n) is 4.15. The number of carbonyl (C=O) groups excluding carboxylic acids is 1. The van der Waals surface area contributed by atoms with Gasteiger partial charge in [0.05, 0.1) is 6.54 Å². The SMILES string of the molecule is O=C(NCCOc1cccc(Cl)c1)NCc1ccnc(N2CCCC2)c1. The number of hydrogen-bond donors (Lipinski definition) is 2. The molecule has 26 heavy (non-hydrogen) atoms. The summed E-state index contributed by atoms with van der Waals surface area (Å²) in [6.45, 7) is 3.36. The molecule has 1 aromatic carbocycles. The van der Waals surface area contributed by atoms with Gasteiger partial charge in [0, 0.05) is 30.9 Å². The second-order valence-corrected chi connectivity index (χ2v) is 6.57. The Bertz CT molecular complexity index is 735. The highest BCUT2D eigenvalue weighted by Crippen LogP contribution is 2.18. The molecule has 1 aliphatic heterocycles. The molecule has 0 bridgehead atoms. The van der Waals surface area contributed by atoms with Crippen LogP contribution in [-0.4, -0.2) is 37.3 Å². The lowest BCUT2D eigenvalue weighted by molar-refractivity contribution is 0.236. The van der Waals surface area contributed by atoms with Gasteiger partial charge in [0.1, 0.15) is 18.2 Å². The molecule has 1 aliphatic rings. The maximum absolute atomic E-state index is 11.9. The number of halogens is 1. The van der Waals surface area contributed by atoms with Gasteiger partial charge < -0.3 is 20.3 Å². The smallest absolute Gasteiger partial charge is 0.315 e. The Balaban J connectivity index is 1.37. The van der Waals surface area contributed by atoms with Crippen molar-refractivity contribution in [1.82, 2.24) is 15.6 Å². The first-order chi connectivity index (χ1) is 12.7. The molecular formula is C19H23ClN4O2. The Hall–Kier alpha value is -2.47. The van der Waals surface area contributed by atoms with E-state index in [1.807, 2.05) is 24.3 Å². The molecule has 1 saturated heterocycles. The Morgan fingerprint density at radius 1 is 1.19 bits per heavy atom. The maximum Gasteiger partial charge on any atom is 0.315 e. The fraction of sp³-hybridized carbons (Fsp3) is 0.368. The standard InChI is InChI=1S/C19H23ClN4O2/c20-16-4-3-5-17(13-16)26-11-8-22-19(25)23-14-15-6-7-21-18(12-15)24-9-1-2-10-24/h3-7,12-13H,1-2,8-11,14H2,(H2,22,23,25). The molecule has 0 saturated carbocycles. The average Bonchev–Trinajstić information content (AvgIpc) is 3.19. The third-order valence-corrected chi connectivity index (χ3v) is 4.38. The van der Waals surface area contributed by atoms with E-state index in [1.54, 1.807) is 18.3 Å². The summed E-state index contributed by atoms with van der Waals surface area (Å²) in [6, 6.07) is 10.9. The van der Waals surface area contributed by atoms with Crippen molar-refractivity contribution in [2.75, 3.05) is 31.1 Å². The molecule has 138 valence electrons. The van der Waals surface area contributed by atoms with E-state index < -0.39 is 0 Å². The minimum absolute atomic E-state index is 0.223. The number of hydrogen-bond acceptors (Lipinski definition) is 4. The molecular weight excluding hydrogens is 352 g/mol. The van der Waals surface area contributed by atoms with Gasteiger partial charge in [-0.2, -0.15) is 0 Å². The first-order valence-corrected chi connectivity index (χ1v) is 9.18. The number of anilines is 1. The van der Waals surface area contributed by atoms with Gasteiger partial charge in [-0.15, -0.1) is 0 Å². The minimum atomic E-state index is -0.223. The van der Waals surface area contributed by atoms with Crippen molar-refractivity contribution in [3.63, 3.8) is 0 Å². The molecule has 7 heteroatoms. The second-order valence-electron chi connectivity index (χ2n) is 6.13. The highest BCUT2D eigenvalue weighted by Gasteiger charge is 2.13. The number of amides is 2. The number of pyridine rings is 1. The molecule has 0 spiro atoms. The van der Waals surface area contributed by atoms with Crippen molar-refractivity contribution in [3.05, 3.63) is 53.2 Å². The average molecular weight is 375 g/mol. The number of nitrogens with zero attached hydrogens (tertiary/aromatic N) is 2. The normalized spacial score (nSPS) is 13.5. The van der Waals surface area contributed by atoms with Gasteiger partial charge in [-0.25, -0.2) is 9.78 Å². The van der Waals surface area contributed by atoms with Crippen LogP contribution in [0.25, 0.3) is 0 Å². The van der Waals surface area contributed by atoms with Crippen LogP contribution >= 0.6 is 11.6 Å². The Labute approximate surface area is 158 Å². The summed E-state index contributed by atoms with van der Waals surface area (Å²) < 4.78 is 5.53. The lowest BCUT2D eigenvalue weighted by atomic mass is 10.2. The molecule has 0 atom stereocenters. The molecule has 0 unspecified atom stereocenters. The number of ether oxygens (including phenoxy) is 1. The summed E-state index contributed by atoms with van der Waals surface area (Å²) >= 11 is 5.89. The van der Waals surface area contributed by atoms with Gasteiger partial charge in [0.2, 0.25) is 0 Å². The monoisotopic (exact) mass is 374 g/mol. The Morgan fingerprint density at radius 3 is 2.85 bits per heavy atom. The van der Waals surface area contributed by atoms with Gasteiger partial charge in [0.25, 0.3) is 0 Å². The molecule has 0 aliphatic carbocycles. The fourth-order valence-corrected chi connectivity index (χ4v) is 3.01. The van der Waals surface area contributed by atoms with Crippen LogP contribution in [-0.2, 0) is 6.54 Å². The minimum Gasteiger partial charge on any atom is -0.492 e. The first-order valence-electron chi connectivity index (χ1n) is 8.81. The van der Waals surface area contributed by atoms with Gasteiger partial charge in [-0.3, -0.25) is 0 Å². The fourth-order valence-electron chi connectivity index (χ4n) is 2.82. The van der Waals surface area contributed by atoms with Gasteiger partial charge in [-0.05, 0) is 48.7 Å². The predicted molar refractivity (Wildman–Crippen MR) is 103 cm³/mol. The summed E-state index contributed by atoms with van der Waals surface area (Å²) in [5, 5.41) is 6.25. The topological polar surface area (TPSA) is 66.5 Å². The lowest BCUT2D eigenvalue weighted by Gasteiger charge is -2.17. The van der Waals surface area contributed by atoms with E-state index in [4.69, 9.17) is 16.3 Å². The number of benzene rings is 1. The van der Waals surface area contributed by atoms with Gasteiger partial charge >= 0.3 is 6.03 Å². The van der Waals surface area contributed by atoms with E-state index in [0.717, 1.165) is 24.5 Å². The van der Waals surface area contributed by atoms with E-state index in [9.17, 15) is 4.79 Å². The van der Waals surface area contributed by atoms with Gasteiger partial charge in [-0.1, -0.05) is 17.7 Å². The highest BCUT2D eigenvalue weighted by atomic mass is 35.5. The number of urea groups is 1. The second kappa shape index (κ2) is 9.29. The summed E-state index contributed by atoms with van der Waals surface area (Å²) in [5.41, 5.74) is 1.03. The summed E-state index contributed by atoms with van der Waals surface area (Å²) in [6.07, 6.45) is 4.22. The molecule has 3 rings (SSSR count). The van der Waals surface area contributed by atoms with Crippen molar-refractivity contribution in [2.24, 2.45) is 0 Å². The van der Waals surface area contributed by atoms with Crippen molar-refractivity contribution < 1.29 is 9.53 Å². The molecule has 2 heterocycles. The summed E-state index contributed by atoms with van der Waals surface area (Å²) in [4.78, 5) is 18.6. The van der Waals surface area contributed by atoms with Crippen molar-refractivity contribution in [2.45, 2.75) is 19.4 Å². The van der Waals surface area contributed by atoms with E-state index in [-0.39, 0.29) is 6.03 Å². The predicted octanol–water partition coefficient (Wildman–Crippen LogP) is 3.21. The maximum atomic E-state index is 11.9. The van der Waals surface area contributed by atoms with Crippen LogP contribution in [0.5, 0.6) is 5.75 Å². The molecule has 2 aromatic rings. The van der Waals surface area contributed by atoms with Crippen LogP contribution in [0.1, 0.15) is 18.4 Å². The zero-order valence-electron chi connectivity index (χ0n) is 14.6. The molecule has 1 fully saturated rings. The Morgan fingerprint density at radius 2 is 2.04 bits per heavy atom. The molecule has 0 radical (unpaired) electrons. The largest absolute Gasteiger partial charge is 0.492 e. The van der Waals surface area contributed by atoms with E-state index >= 15 is 0 Å². The molecule has 1 aromatic heterocycles. The van der Waals surface area contributed by atoms with Gasteiger partial charge in [0.15, 0.2) is 0 Å². The van der Waals surface area contributed by atoms with Crippen LogP contribution in [0.2, 0.25) is 5.02 Å². The van der Waals surface area contributed by atoms with E-state index in [1.165, 1.54) is 12.8 Å². The summed E-state index contributed by atoms with van der Waals surface area (Å²) in [5.74, 6) is 1.67. The third kappa shape index (κ3) is 5.52. The summed E-state index contributed by atoms with van der Waals surface area (Å²) in [7, 11) is 0. The van der Waals surface area contributed by atoms with Crippen LogP contribution in [0.4, 0.5) is 10.6 Å². The van der Waals surface area contributed by atoms with Crippen molar-refractivity contribution >= 4 is 23.4 Å². The van der Waals surface area contributed by atoms with Crippen LogP contribution in [0, 0.1) is 0 Å². The Kier molecular flexibility index (Phi) is 6.55. The highest BCUT2D eigenvalue weighted by molar-refractivity contribution is 6.30. The molecule has 2 N–H and O–H groups in total. The number of rotatable bonds is 7. The van der Waals surface area contributed by atoms with E-state index in [2.05, 4.69) is 20.5 Å². The van der Waals surface area contributed by atoms with Crippen LogP contribution in [0.15, 0.2) is 42.6 Å². The lowest BCUT2D eigenvalue weighted by Crippen LogP contribution is -2.37. The van der Waals surface area contributed by atoms with Crippen molar-refractivity contribution in [1.29, 1.82) is 0 Å². The molecule has 6 nitrogen and oxygen atoms in total. The zero-order valence-corrected chi connectivity index (χ0v) is 15.3. The first kappa shape index (κ1) is 18.3. The number of nitrogens with one attached hydrogen (secondary N) is 2. The quantitative estimate of drug-likeness (QED) is 0.730.